The van der Waals surface area contributed by atoms with Crippen LogP contribution in [0.4, 0.5) is 28.4 Å². The largest absolute Gasteiger partial charge is 0.435 e. The Morgan fingerprint density at radius 3 is 2.48 bits per heavy atom. The third kappa shape index (κ3) is 2.23. The Kier molecular flexibility index (Phi) is 3.53. The molecule has 0 saturated heterocycles. The molecule has 1 aliphatic heterocycles. The van der Waals surface area contributed by atoms with Gasteiger partial charge in [0.05, 0.1) is 24.5 Å². The van der Waals surface area contributed by atoms with Gasteiger partial charge in [0.15, 0.2) is 17.0 Å². The van der Waals surface area contributed by atoms with E-state index in [-0.39, 0.29) is 6.17 Å². The van der Waals surface area contributed by atoms with Gasteiger partial charge in [-0.2, -0.15) is 0 Å². The third-order valence-electron chi connectivity index (χ3n) is 5.72. The minimum Gasteiger partial charge on any atom is -0.435 e. The van der Waals surface area contributed by atoms with E-state index in [0.29, 0.717) is 17.1 Å². The van der Waals surface area contributed by atoms with Gasteiger partial charge in [-0.3, -0.25) is 9.69 Å². The summed E-state index contributed by atoms with van der Waals surface area (Å²) in [5.74, 6) is 0. The van der Waals surface area contributed by atoms with Gasteiger partial charge in [0.2, 0.25) is 5.71 Å². The van der Waals surface area contributed by atoms with Crippen molar-refractivity contribution in [2.24, 2.45) is 0 Å². The van der Waals surface area contributed by atoms with Crippen molar-refractivity contribution in [2.45, 2.75) is 20.0 Å². The molecular weight excluding hydrogens is 362 g/mol. The Bertz CT molecular complexity index is 1390. The Morgan fingerprint density at radius 1 is 1.03 bits per heavy atom. The summed E-state index contributed by atoms with van der Waals surface area (Å²) in [6, 6.07) is 11.7. The summed E-state index contributed by atoms with van der Waals surface area (Å²) < 4.78 is 6.20. The predicted molar refractivity (Wildman–Crippen MR) is 115 cm³/mol. The van der Waals surface area contributed by atoms with Gasteiger partial charge in [0, 0.05) is 29.7 Å². The van der Waals surface area contributed by atoms with Crippen molar-refractivity contribution in [3.05, 3.63) is 71.0 Å². The Hall–Kier alpha value is -4.03. The highest BCUT2D eigenvalue weighted by atomic mass is 16.3. The van der Waals surface area contributed by atoms with E-state index in [1.165, 1.54) is 0 Å². The van der Waals surface area contributed by atoms with Crippen LogP contribution >= 0.6 is 0 Å². The Labute approximate surface area is 168 Å². The van der Waals surface area contributed by atoms with Crippen LogP contribution in [0.25, 0.3) is 31.8 Å². The van der Waals surface area contributed by atoms with Crippen molar-refractivity contribution in [1.82, 2.24) is 4.98 Å². The monoisotopic (exact) mass is 379 g/mol. The number of pyridine rings is 1. The summed E-state index contributed by atoms with van der Waals surface area (Å²) in [5, 5.41) is 1.99. The lowest BCUT2D eigenvalue weighted by Gasteiger charge is -2.29. The van der Waals surface area contributed by atoms with Gasteiger partial charge in [-0.05, 0) is 43.7 Å². The number of rotatable bonds is 1. The lowest BCUT2D eigenvalue weighted by molar-refractivity contribution is 0.648. The number of hydrogen-bond donors (Lipinski definition) is 0. The average molecular weight is 379 g/mol. The molecule has 0 amide bonds. The summed E-state index contributed by atoms with van der Waals surface area (Å²) in [7, 11) is 2.00. The van der Waals surface area contributed by atoms with Crippen LogP contribution in [0.2, 0.25) is 0 Å². The number of nitrogens with zero attached hydrogens (tertiary/aromatic N) is 5. The minimum atomic E-state index is -0.00459. The molecule has 5 rings (SSSR count). The Morgan fingerprint density at radius 2 is 1.76 bits per heavy atom. The number of furan rings is 1. The summed E-state index contributed by atoms with van der Waals surface area (Å²) >= 11 is 0. The van der Waals surface area contributed by atoms with Crippen molar-refractivity contribution >= 4 is 50.5 Å². The zero-order chi connectivity index (χ0) is 20.3. The quantitative estimate of drug-likeness (QED) is 0.363. The second-order valence-corrected chi connectivity index (χ2v) is 7.23. The van der Waals surface area contributed by atoms with E-state index in [1.54, 1.807) is 6.20 Å². The molecule has 140 valence electrons. The number of aryl methyl sites for hydroxylation is 1. The highest BCUT2D eigenvalue weighted by molar-refractivity contribution is 6.10. The first-order valence-electron chi connectivity index (χ1n) is 9.27. The number of fused-ring (bicyclic) bond motifs is 4. The van der Waals surface area contributed by atoms with Gasteiger partial charge in [-0.1, -0.05) is 12.1 Å². The predicted octanol–water partition coefficient (Wildman–Crippen LogP) is 6.32. The van der Waals surface area contributed by atoms with Gasteiger partial charge < -0.3 is 14.2 Å². The van der Waals surface area contributed by atoms with Crippen LogP contribution in [0.1, 0.15) is 12.5 Å². The van der Waals surface area contributed by atoms with Crippen LogP contribution in [0, 0.1) is 20.1 Å². The molecule has 1 atom stereocenters. The molecule has 0 radical (unpaired) electrons. The van der Waals surface area contributed by atoms with Crippen LogP contribution in [0.5, 0.6) is 0 Å². The number of hydrogen-bond acceptors (Lipinski definition) is 4. The molecule has 0 spiro atoms. The van der Waals surface area contributed by atoms with E-state index in [9.17, 15) is 0 Å². The van der Waals surface area contributed by atoms with E-state index in [0.717, 1.165) is 39.0 Å². The summed E-state index contributed by atoms with van der Waals surface area (Å²) in [6.07, 6.45) is 1.72. The highest BCUT2D eigenvalue weighted by Gasteiger charge is 2.35. The van der Waals surface area contributed by atoms with Gasteiger partial charge in [0.25, 0.3) is 0 Å². The standard InChI is InChI=1S/C23H17N5O/c1-13-8-9-15-16-7-6-10-26-23(16)29-22(15)21(13)28-14(2)27(5)19-11-17(24-3)18(25-4)12-20(19)28/h6-12,14H,1-2,5H3/t14-/m0/s1. The maximum absolute atomic E-state index is 7.49. The molecule has 4 aromatic rings. The minimum absolute atomic E-state index is 0.00459. The second-order valence-electron chi connectivity index (χ2n) is 7.23. The lowest BCUT2D eigenvalue weighted by atomic mass is 10.1. The topological polar surface area (TPSA) is 41.2 Å². The van der Waals surface area contributed by atoms with Crippen LogP contribution in [-0.2, 0) is 0 Å². The molecule has 0 saturated carbocycles. The fraction of sp³-hybridized carbons (Fsp3) is 0.174. The van der Waals surface area contributed by atoms with Gasteiger partial charge in [-0.15, -0.1) is 0 Å². The third-order valence-corrected chi connectivity index (χ3v) is 5.72. The van der Waals surface area contributed by atoms with Crippen molar-refractivity contribution in [1.29, 1.82) is 0 Å². The summed E-state index contributed by atoms with van der Waals surface area (Å²) in [5.41, 5.74) is 6.01. The zero-order valence-corrected chi connectivity index (χ0v) is 16.3. The molecule has 3 heterocycles. The van der Waals surface area contributed by atoms with Crippen LogP contribution in [0.3, 0.4) is 0 Å². The highest BCUT2D eigenvalue weighted by Crippen LogP contribution is 2.51. The molecule has 0 N–H and O–H groups in total. The van der Waals surface area contributed by atoms with Gasteiger partial charge in [-0.25, -0.2) is 4.98 Å². The van der Waals surface area contributed by atoms with Crippen LogP contribution in [0.15, 0.2) is 47.0 Å². The first-order chi connectivity index (χ1) is 14.0. The molecule has 2 aromatic carbocycles. The maximum atomic E-state index is 7.49. The van der Waals surface area contributed by atoms with Crippen molar-refractivity contribution < 1.29 is 4.42 Å². The van der Waals surface area contributed by atoms with Crippen molar-refractivity contribution in [2.75, 3.05) is 16.8 Å². The molecule has 0 aliphatic carbocycles. The normalized spacial score (nSPS) is 15.6. The van der Waals surface area contributed by atoms with E-state index < -0.39 is 0 Å². The fourth-order valence-corrected chi connectivity index (χ4v) is 4.15. The Balaban J connectivity index is 1.84. The number of aromatic nitrogens is 1. The molecule has 2 aromatic heterocycles. The first-order valence-corrected chi connectivity index (χ1v) is 9.27. The molecule has 29 heavy (non-hydrogen) atoms. The number of anilines is 3. The molecule has 0 unspecified atom stereocenters. The smallest absolute Gasteiger partial charge is 0.227 e. The average Bonchev–Trinajstić information content (AvgIpc) is 3.23. The molecule has 6 heteroatoms. The van der Waals surface area contributed by atoms with E-state index in [2.05, 4.69) is 50.5 Å². The molecule has 6 nitrogen and oxygen atoms in total. The SMILES string of the molecule is [C-]#[N+]c1cc2c(cc1[N+]#[C-])N(c1c(C)ccc3c1oc1ncccc13)[C@@H](C)N2C. The van der Waals surface area contributed by atoms with Crippen molar-refractivity contribution in [3.63, 3.8) is 0 Å². The molecule has 0 fully saturated rings. The van der Waals surface area contributed by atoms with Gasteiger partial charge >= 0.3 is 0 Å². The lowest BCUT2D eigenvalue weighted by Crippen LogP contribution is -2.36. The number of benzene rings is 2. The van der Waals surface area contributed by atoms with E-state index in [1.807, 2.05) is 31.3 Å². The molecule has 1 aliphatic rings. The van der Waals surface area contributed by atoms with E-state index >= 15 is 0 Å². The van der Waals surface area contributed by atoms with E-state index in [4.69, 9.17) is 17.6 Å². The van der Waals surface area contributed by atoms with Crippen molar-refractivity contribution in [3.8, 4) is 0 Å². The van der Waals surface area contributed by atoms with Crippen LogP contribution in [-0.4, -0.2) is 18.2 Å². The fourth-order valence-electron chi connectivity index (χ4n) is 4.15. The molecule has 0 bridgehead atoms. The second kappa shape index (κ2) is 5.98. The maximum Gasteiger partial charge on any atom is 0.227 e. The summed E-state index contributed by atoms with van der Waals surface area (Å²) in [6.45, 7) is 19.1. The van der Waals surface area contributed by atoms with Gasteiger partial charge in [0.1, 0.15) is 6.17 Å². The first kappa shape index (κ1) is 17.1. The zero-order valence-electron chi connectivity index (χ0n) is 16.3. The summed E-state index contributed by atoms with van der Waals surface area (Å²) in [4.78, 5) is 15.8. The molecular formula is C23H17N5O. The van der Waals surface area contributed by atoms with Crippen LogP contribution < -0.4 is 9.80 Å².